The van der Waals surface area contributed by atoms with Crippen LogP contribution in [0.25, 0.3) is 11.1 Å². The summed E-state index contributed by atoms with van der Waals surface area (Å²) in [6.07, 6.45) is 29.6. The number of nitrogens with zero attached hydrogens (tertiary/aromatic N) is 2. The molecule has 284 valence electrons. The molecule has 3 rings (SSSR count). The molecular weight excluding hydrogens is 620 g/mol. The van der Waals surface area contributed by atoms with E-state index in [1.165, 1.54) is 121 Å². The third-order valence-electron chi connectivity index (χ3n) is 10.9. The summed E-state index contributed by atoms with van der Waals surface area (Å²) in [5.41, 5.74) is 4.16. The standard InChI is InChI=1S/C44H74N2O4/c1-7-10-11-12-13-14-15-16-17-18-19-20-21-22-23-24-25-26-27-28-29-44(5,6)43(48)50-42-40(41(47)45-30-32-49-33-31-46(42)45)39-37(8-2)34-36(4)35-38(39)9-3/h34-35H,7-33H2,1-6H3. The lowest BCUT2D eigenvalue weighted by molar-refractivity contribution is -0.145. The van der Waals surface area contributed by atoms with Crippen molar-refractivity contribution < 1.29 is 14.3 Å². The van der Waals surface area contributed by atoms with E-state index >= 15 is 0 Å². The van der Waals surface area contributed by atoms with Crippen LogP contribution in [0.2, 0.25) is 0 Å². The molecule has 0 fully saturated rings. The van der Waals surface area contributed by atoms with E-state index in [2.05, 4.69) is 39.8 Å². The number of hydrogen-bond donors (Lipinski definition) is 0. The Morgan fingerprint density at radius 1 is 0.660 bits per heavy atom. The van der Waals surface area contributed by atoms with Crippen LogP contribution in [0.5, 0.6) is 5.88 Å². The summed E-state index contributed by atoms with van der Waals surface area (Å²) >= 11 is 0. The van der Waals surface area contributed by atoms with E-state index in [9.17, 15) is 9.59 Å². The molecule has 1 aliphatic heterocycles. The number of rotatable bonds is 26. The second-order valence-electron chi connectivity index (χ2n) is 15.8. The molecule has 50 heavy (non-hydrogen) atoms. The van der Waals surface area contributed by atoms with Crippen molar-refractivity contribution in [3.05, 3.63) is 39.2 Å². The molecule has 6 heteroatoms. The quantitative estimate of drug-likeness (QED) is 0.0726. The highest BCUT2D eigenvalue weighted by Gasteiger charge is 2.34. The Morgan fingerprint density at radius 2 is 1.08 bits per heavy atom. The summed E-state index contributed by atoms with van der Waals surface area (Å²) in [7, 11) is 0. The van der Waals surface area contributed by atoms with Gasteiger partial charge in [0.15, 0.2) is 0 Å². The van der Waals surface area contributed by atoms with Gasteiger partial charge in [0.2, 0.25) is 5.88 Å². The number of unbranched alkanes of at least 4 members (excludes halogenated alkanes) is 19. The first-order chi connectivity index (χ1) is 24.2. The largest absolute Gasteiger partial charge is 0.407 e. The number of fused-ring (bicyclic) bond motifs is 1. The Bertz CT molecular complexity index is 1290. The first-order valence-corrected chi connectivity index (χ1v) is 21.0. The molecular formula is C44H74N2O4. The highest BCUT2D eigenvalue weighted by atomic mass is 16.5. The Balaban J connectivity index is 1.39. The number of ether oxygens (including phenoxy) is 2. The van der Waals surface area contributed by atoms with Gasteiger partial charge in [0, 0.05) is 0 Å². The van der Waals surface area contributed by atoms with Gasteiger partial charge in [-0.05, 0) is 56.7 Å². The molecule has 0 aliphatic carbocycles. The minimum atomic E-state index is -0.639. The Morgan fingerprint density at radius 3 is 1.52 bits per heavy atom. The van der Waals surface area contributed by atoms with Crippen molar-refractivity contribution in [3.63, 3.8) is 0 Å². The fraction of sp³-hybridized carbons (Fsp3) is 0.773. The van der Waals surface area contributed by atoms with Gasteiger partial charge in [-0.3, -0.25) is 9.59 Å². The van der Waals surface area contributed by atoms with Gasteiger partial charge in [-0.1, -0.05) is 167 Å². The molecule has 0 saturated carbocycles. The van der Waals surface area contributed by atoms with Crippen molar-refractivity contribution in [2.75, 3.05) is 13.2 Å². The predicted molar refractivity (Wildman–Crippen MR) is 210 cm³/mol. The van der Waals surface area contributed by atoms with E-state index < -0.39 is 5.41 Å². The van der Waals surface area contributed by atoms with Crippen LogP contribution in [0.4, 0.5) is 0 Å². The van der Waals surface area contributed by atoms with E-state index in [0.717, 1.165) is 48.8 Å². The molecule has 2 heterocycles. The number of hydrogen-bond acceptors (Lipinski definition) is 4. The fourth-order valence-corrected chi connectivity index (χ4v) is 7.71. The van der Waals surface area contributed by atoms with Crippen molar-refractivity contribution in [2.45, 2.75) is 202 Å². The van der Waals surface area contributed by atoms with Gasteiger partial charge in [-0.25, -0.2) is 9.36 Å². The predicted octanol–water partition coefficient (Wildman–Crippen LogP) is 11.9. The maximum atomic E-state index is 14.0. The molecule has 0 saturated heterocycles. The minimum Gasteiger partial charge on any atom is -0.407 e. The van der Waals surface area contributed by atoms with Crippen LogP contribution in [-0.4, -0.2) is 28.5 Å². The van der Waals surface area contributed by atoms with Crippen LogP contribution in [0.1, 0.15) is 186 Å². The van der Waals surface area contributed by atoms with Gasteiger partial charge >= 0.3 is 5.97 Å². The maximum absolute atomic E-state index is 14.0. The molecule has 6 nitrogen and oxygen atoms in total. The van der Waals surface area contributed by atoms with Crippen LogP contribution in [0.3, 0.4) is 0 Å². The lowest BCUT2D eigenvalue weighted by Crippen LogP contribution is -2.30. The number of carbonyl (C=O) groups is 1. The van der Waals surface area contributed by atoms with Crippen molar-refractivity contribution >= 4 is 5.97 Å². The summed E-state index contributed by atoms with van der Waals surface area (Å²) in [6.45, 7) is 14.5. The Kier molecular flexibility index (Phi) is 19.6. The second kappa shape index (κ2) is 23.3. The molecule has 0 bridgehead atoms. The van der Waals surface area contributed by atoms with Gasteiger partial charge in [0.05, 0.1) is 31.7 Å². The monoisotopic (exact) mass is 695 g/mol. The van der Waals surface area contributed by atoms with E-state index in [4.69, 9.17) is 9.47 Å². The lowest BCUT2D eigenvalue weighted by Gasteiger charge is -2.23. The third kappa shape index (κ3) is 13.3. The summed E-state index contributed by atoms with van der Waals surface area (Å²) < 4.78 is 15.6. The maximum Gasteiger partial charge on any atom is 0.318 e. The molecule has 0 spiro atoms. The molecule has 2 aromatic rings. The first kappa shape index (κ1) is 42.1. The van der Waals surface area contributed by atoms with E-state index in [1.807, 2.05) is 18.5 Å². The van der Waals surface area contributed by atoms with E-state index in [0.29, 0.717) is 37.7 Å². The zero-order valence-corrected chi connectivity index (χ0v) is 33.3. The Labute approximate surface area is 306 Å². The molecule has 0 amide bonds. The van der Waals surface area contributed by atoms with Crippen molar-refractivity contribution in [1.82, 2.24) is 9.36 Å². The van der Waals surface area contributed by atoms with Crippen molar-refractivity contribution in [3.8, 4) is 17.0 Å². The molecule has 1 aromatic carbocycles. The number of aromatic nitrogens is 2. The number of esters is 1. The topological polar surface area (TPSA) is 62.5 Å². The zero-order valence-electron chi connectivity index (χ0n) is 33.3. The summed E-state index contributed by atoms with van der Waals surface area (Å²) in [5, 5.41) is 0. The number of benzene rings is 1. The van der Waals surface area contributed by atoms with Crippen LogP contribution < -0.4 is 10.3 Å². The fourth-order valence-electron chi connectivity index (χ4n) is 7.71. The zero-order chi connectivity index (χ0) is 36.2. The smallest absolute Gasteiger partial charge is 0.318 e. The molecule has 0 unspecified atom stereocenters. The van der Waals surface area contributed by atoms with Crippen LogP contribution in [0.15, 0.2) is 16.9 Å². The summed E-state index contributed by atoms with van der Waals surface area (Å²) in [6, 6.07) is 4.33. The normalized spacial score (nSPS) is 13.4. The van der Waals surface area contributed by atoms with Gasteiger partial charge < -0.3 is 9.47 Å². The van der Waals surface area contributed by atoms with E-state index in [-0.39, 0.29) is 11.5 Å². The van der Waals surface area contributed by atoms with Gasteiger partial charge in [0.25, 0.3) is 5.56 Å². The molecule has 0 N–H and O–H groups in total. The van der Waals surface area contributed by atoms with Crippen LogP contribution in [-0.2, 0) is 35.5 Å². The lowest BCUT2D eigenvalue weighted by atomic mass is 9.86. The van der Waals surface area contributed by atoms with Crippen LogP contribution >= 0.6 is 0 Å². The third-order valence-corrected chi connectivity index (χ3v) is 10.9. The van der Waals surface area contributed by atoms with E-state index in [1.54, 1.807) is 4.68 Å². The first-order valence-electron chi connectivity index (χ1n) is 21.0. The van der Waals surface area contributed by atoms with Gasteiger partial charge in [0.1, 0.15) is 5.56 Å². The Hall–Kier alpha value is -2.34. The summed E-state index contributed by atoms with van der Waals surface area (Å²) in [4.78, 5) is 27.8. The number of carbonyl (C=O) groups excluding carboxylic acids is 1. The summed E-state index contributed by atoms with van der Waals surface area (Å²) in [5.74, 6) is 0.126. The van der Waals surface area contributed by atoms with Crippen LogP contribution in [0, 0.1) is 12.3 Å². The van der Waals surface area contributed by atoms with Gasteiger partial charge in [-0.15, -0.1) is 0 Å². The SMILES string of the molecule is CCCCCCCCCCCCCCCCCCCCCCC(C)(C)C(=O)Oc1c(-c2c(CC)cc(C)cc2CC)c(=O)n2n1CCOCC2. The second-order valence-corrected chi connectivity index (χ2v) is 15.8. The minimum absolute atomic E-state index is 0.0987. The number of aryl methyl sites for hydroxylation is 3. The molecule has 0 radical (unpaired) electrons. The average molecular weight is 695 g/mol. The molecule has 1 aliphatic rings. The average Bonchev–Trinajstić information content (AvgIpc) is 3.23. The highest BCUT2D eigenvalue weighted by Crippen LogP contribution is 2.37. The molecule has 1 aromatic heterocycles. The van der Waals surface area contributed by atoms with Gasteiger partial charge in [-0.2, -0.15) is 0 Å². The van der Waals surface area contributed by atoms with Crippen molar-refractivity contribution in [2.24, 2.45) is 5.41 Å². The highest BCUT2D eigenvalue weighted by molar-refractivity contribution is 5.82. The molecule has 0 atom stereocenters. The van der Waals surface area contributed by atoms with Crippen molar-refractivity contribution in [1.29, 1.82) is 0 Å².